The summed E-state index contributed by atoms with van der Waals surface area (Å²) in [5.74, 6) is -0.177. The third-order valence-corrected chi connectivity index (χ3v) is 3.52. The lowest BCUT2D eigenvalue weighted by atomic mass is 10.1. The van der Waals surface area contributed by atoms with Crippen LogP contribution in [-0.2, 0) is 9.59 Å². The summed E-state index contributed by atoms with van der Waals surface area (Å²) in [5, 5.41) is 8.32. The van der Waals surface area contributed by atoms with Crippen LogP contribution in [-0.4, -0.2) is 29.4 Å². The lowest BCUT2D eigenvalue weighted by Gasteiger charge is -2.12. The maximum atomic E-state index is 11.3. The van der Waals surface area contributed by atoms with Crippen LogP contribution in [0.3, 0.4) is 0 Å². The molecule has 2 unspecified atom stereocenters. The van der Waals surface area contributed by atoms with Crippen LogP contribution >= 0.6 is 11.3 Å². The van der Waals surface area contributed by atoms with E-state index in [1.165, 1.54) is 0 Å². The SMILES string of the molecule is CC(CNC1CC(=O)NC1=O)c1nccs1. The second kappa shape index (κ2) is 4.71. The predicted octanol–water partition coefficient (Wildman–Crippen LogP) is 0.251. The summed E-state index contributed by atoms with van der Waals surface area (Å²) in [6, 6.07) is -0.380. The van der Waals surface area contributed by atoms with Gasteiger partial charge in [-0.05, 0) is 0 Å². The minimum Gasteiger partial charge on any atom is -0.305 e. The fourth-order valence-corrected chi connectivity index (χ4v) is 2.30. The van der Waals surface area contributed by atoms with E-state index in [4.69, 9.17) is 0 Å². The van der Waals surface area contributed by atoms with E-state index in [1.54, 1.807) is 17.5 Å². The topological polar surface area (TPSA) is 71.1 Å². The number of rotatable bonds is 4. The highest BCUT2D eigenvalue weighted by Crippen LogP contribution is 2.16. The normalized spacial score (nSPS) is 22.2. The van der Waals surface area contributed by atoms with E-state index < -0.39 is 0 Å². The molecule has 2 atom stereocenters. The average molecular weight is 239 g/mol. The molecule has 0 radical (unpaired) electrons. The van der Waals surface area contributed by atoms with E-state index in [-0.39, 0.29) is 30.2 Å². The highest BCUT2D eigenvalue weighted by molar-refractivity contribution is 7.09. The van der Waals surface area contributed by atoms with Crippen molar-refractivity contribution in [2.24, 2.45) is 0 Å². The highest BCUT2D eigenvalue weighted by atomic mass is 32.1. The quantitative estimate of drug-likeness (QED) is 0.739. The first kappa shape index (κ1) is 11.2. The Bertz CT molecular complexity index is 391. The van der Waals surface area contributed by atoms with E-state index in [9.17, 15) is 9.59 Å². The average Bonchev–Trinajstić information content (AvgIpc) is 2.84. The van der Waals surface area contributed by atoms with Crippen LogP contribution in [0.4, 0.5) is 0 Å². The van der Waals surface area contributed by atoms with Crippen molar-refractivity contribution in [3.63, 3.8) is 0 Å². The number of imide groups is 1. The van der Waals surface area contributed by atoms with Crippen molar-refractivity contribution in [2.45, 2.75) is 25.3 Å². The van der Waals surface area contributed by atoms with Crippen molar-refractivity contribution in [1.82, 2.24) is 15.6 Å². The third-order valence-electron chi connectivity index (χ3n) is 2.51. The molecule has 2 amide bonds. The van der Waals surface area contributed by atoms with Crippen LogP contribution in [0.15, 0.2) is 11.6 Å². The van der Waals surface area contributed by atoms with Gasteiger partial charge in [-0.3, -0.25) is 14.9 Å². The summed E-state index contributed by atoms with van der Waals surface area (Å²) in [6.07, 6.45) is 2.01. The van der Waals surface area contributed by atoms with Crippen LogP contribution in [0, 0.1) is 0 Å². The van der Waals surface area contributed by atoms with Gasteiger partial charge in [0.1, 0.15) is 0 Å². The van der Waals surface area contributed by atoms with Crippen molar-refractivity contribution in [3.05, 3.63) is 16.6 Å². The smallest absolute Gasteiger partial charge is 0.244 e. The molecule has 0 aromatic carbocycles. The van der Waals surface area contributed by atoms with E-state index in [1.807, 2.05) is 12.3 Å². The Labute approximate surface area is 97.3 Å². The fourth-order valence-electron chi connectivity index (χ4n) is 1.60. The van der Waals surface area contributed by atoms with Crippen LogP contribution < -0.4 is 10.6 Å². The largest absolute Gasteiger partial charge is 0.305 e. The zero-order valence-corrected chi connectivity index (χ0v) is 9.71. The monoisotopic (exact) mass is 239 g/mol. The van der Waals surface area contributed by atoms with Crippen LogP contribution in [0.2, 0.25) is 0 Å². The van der Waals surface area contributed by atoms with Gasteiger partial charge in [-0.25, -0.2) is 4.98 Å². The standard InChI is InChI=1S/C10H13N3O2S/c1-6(10-11-2-3-16-10)5-12-7-4-8(14)13-9(7)15/h2-3,6-7,12H,4-5H2,1H3,(H,13,14,15). The summed E-state index contributed by atoms with van der Waals surface area (Å²) >= 11 is 1.60. The lowest BCUT2D eigenvalue weighted by molar-refractivity contribution is -0.125. The summed E-state index contributed by atoms with van der Waals surface area (Å²) in [5.41, 5.74) is 0. The van der Waals surface area contributed by atoms with Gasteiger partial charge in [0.25, 0.3) is 0 Å². The van der Waals surface area contributed by atoms with Gasteiger partial charge in [-0.1, -0.05) is 6.92 Å². The summed E-state index contributed by atoms with van der Waals surface area (Å²) < 4.78 is 0. The zero-order valence-electron chi connectivity index (χ0n) is 8.90. The predicted molar refractivity (Wildman–Crippen MR) is 60.1 cm³/mol. The molecule has 0 aliphatic carbocycles. The van der Waals surface area contributed by atoms with Crippen molar-refractivity contribution >= 4 is 23.2 Å². The minimum absolute atomic E-state index is 0.204. The molecular weight excluding hydrogens is 226 g/mol. The van der Waals surface area contributed by atoms with Crippen molar-refractivity contribution in [2.75, 3.05) is 6.54 Å². The molecule has 0 spiro atoms. The molecule has 2 rings (SSSR count). The molecule has 86 valence electrons. The first-order valence-corrected chi connectivity index (χ1v) is 6.01. The third kappa shape index (κ3) is 2.45. The Morgan fingerprint density at radius 1 is 1.69 bits per heavy atom. The Morgan fingerprint density at radius 2 is 2.50 bits per heavy atom. The maximum Gasteiger partial charge on any atom is 0.244 e. The number of amides is 2. The number of hydrogen-bond donors (Lipinski definition) is 2. The number of nitrogens with zero attached hydrogens (tertiary/aromatic N) is 1. The Hall–Kier alpha value is -1.27. The molecule has 5 nitrogen and oxygen atoms in total. The number of carbonyl (C=O) groups excluding carboxylic acids is 2. The zero-order chi connectivity index (χ0) is 11.5. The van der Waals surface area contributed by atoms with Gasteiger partial charge in [-0.2, -0.15) is 0 Å². The molecule has 2 heterocycles. The Morgan fingerprint density at radius 3 is 3.06 bits per heavy atom. The van der Waals surface area contributed by atoms with Gasteiger partial charge in [-0.15, -0.1) is 11.3 Å². The van der Waals surface area contributed by atoms with Gasteiger partial charge >= 0.3 is 0 Å². The molecule has 1 aliphatic rings. The first-order valence-electron chi connectivity index (χ1n) is 5.13. The van der Waals surface area contributed by atoms with Crippen LogP contribution in [0.1, 0.15) is 24.3 Å². The molecule has 1 aromatic rings. The molecule has 6 heteroatoms. The summed E-state index contributed by atoms with van der Waals surface area (Å²) in [6.45, 7) is 2.69. The summed E-state index contributed by atoms with van der Waals surface area (Å²) in [4.78, 5) is 26.4. The molecule has 2 N–H and O–H groups in total. The second-order valence-corrected chi connectivity index (χ2v) is 4.77. The number of thiazole rings is 1. The molecular formula is C10H13N3O2S. The summed E-state index contributed by atoms with van der Waals surface area (Å²) in [7, 11) is 0. The lowest BCUT2D eigenvalue weighted by Crippen LogP contribution is -2.38. The second-order valence-electron chi connectivity index (χ2n) is 3.85. The molecule has 0 saturated carbocycles. The van der Waals surface area contributed by atoms with Gasteiger partial charge in [0, 0.05) is 24.0 Å². The fraction of sp³-hybridized carbons (Fsp3) is 0.500. The van der Waals surface area contributed by atoms with Crippen LogP contribution in [0.5, 0.6) is 0 Å². The van der Waals surface area contributed by atoms with Crippen molar-refractivity contribution in [3.8, 4) is 0 Å². The van der Waals surface area contributed by atoms with Gasteiger partial charge < -0.3 is 5.32 Å². The van der Waals surface area contributed by atoms with Crippen molar-refractivity contribution < 1.29 is 9.59 Å². The Balaban J connectivity index is 1.84. The first-order chi connectivity index (χ1) is 7.66. The molecule has 1 fully saturated rings. The molecule has 1 saturated heterocycles. The molecule has 16 heavy (non-hydrogen) atoms. The number of hydrogen-bond acceptors (Lipinski definition) is 5. The van der Waals surface area contributed by atoms with Gasteiger partial charge in [0.05, 0.1) is 17.5 Å². The van der Waals surface area contributed by atoms with Crippen molar-refractivity contribution in [1.29, 1.82) is 0 Å². The maximum absolute atomic E-state index is 11.3. The molecule has 0 bridgehead atoms. The molecule has 1 aromatic heterocycles. The van der Waals surface area contributed by atoms with E-state index >= 15 is 0 Å². The number of aromatic nitrogens is 1. The minimum atomic E-state index is -0.380. The van der Waals surface area contributed by atoms with Gasteiger partial charge in [0.15, 0.2) is 0 Å². The highest BCUT2D eigenvalue weighted by Gasteiger charge is 2.30. The number of nitrogens with one attached hydrogen (secondary N) is 2. The number of carbonyl (C=O) groups is 2. The van der Waals surface area contributed by atoms with Gasteiger partial charge in [0.2, 0.25) is 11.8 Å². The van der Waals surface area contributed by atoms with E-state index in [0.717, 1.165) is 5.01 Å². The molecule has 1 aliphatic heterocycles. The Kier molecular flexibility index (Phi) is 3.31. The van der Waals surface area contributed by atoms with E-state index in [2.05, 4.69) is 15.6 Å². The van der Waals surface area contributed by atoms with E-state index in [0.29, 0.717) is 6.54 Å². The van der Waals surface area contributed by atoms with Crippen LogP contribution in [0.25, 0.3) is 0 Å².